The van der Waals surface area contributed by atoms with Crippen molar-refractivity contribution in [2.45, 2.75) is 71.6 Å². The fourth-order valence-corrected chi connectivity index (χ4v) is 6.75. The molecule has 1 N–H and O–H groups in total. The lowest BCUT2D eigenvalue weighted by atomic mass is 10.00. The summed E-state index contributed by atoms with van der Waals surface area (Å²) in [4.78, 5) is 27.6. The lowest BCUT2D eigenvalue weighted by Gasteiger charge is -2.24. The number of ketones is 1. The number of benzene rings is 2. The quantitative estimate of drug-likeness (QED) is 0.0339. The number of rotatable bonds is 33. The fraction of sp³-hybridized carbons (Fsp3) is 0.646. The summed E-state index contributed by atoms with van der Waals surface area (Å²) >= 11 is 0. The van der Waals surface area contributed by atoms with Crippen LogP contribution in [-0.2, 0) is 6.42 Å². The Kier molecular flexibility index (Phi) is 26.2. The summed E-state index contributed by atoms with van der Waals surface area (Å²) in [6, 6.07) is 11.3. The van der Waals surface area contributed by atoms with Crippen molar-refractivity contribution in [3.63, 3.8) is 0 Å². The van der Waals surface area contributed by atoms with Crippen molar-refractivity contribution in [3.05, 3.63) is 70.8 Å². The fourth-order valence-electron chi connectivity index (χ4n) is 6.75. The molecule has 0 saturated carbocycles. The molecular weight excluding hydrogens is 725 g/mol. The Morgan fingerprint density at radius 1 is 0.569 bits per heavy atom. The van der Waals surface area contributed by atoms with Crippen LogP contribution in [0.5, 0.6) is 17.2 Å². The minimum atomic E-state index is -0.246. The van der Waals surface area contributed by atoms with Crippen molar-refractivity contribution in [3.8, 4) is 17.2 Å². The second-order valence-electron chi connectivity index (χ2n) is 17.1. The Balaban J connectivity index is 1.92. The lowest BCUT2D eigenvalue weighted by Crippen LogP contribution is -2.31. The number of hydrogen-bond acceptors (Lipinski definition) is 10. The molecule has 0 aliphatic rings. The highest BCUT2D eigenvalue weighted by Crippen LogP contribution is 2.33. The number of hydrogen-bond donors (Lipinski definition) is 1. The zero-order valence-corrected chi connectivity index (χ0v) is 38.4. The molecule has 0 spiro atoms. The highest BCUT2D eigenvalue weighted by molar-refractivity contribution is 6.09. The van der Waals surface area contributed by atoms with Crippen molar-refractivity contribution < 1.29 is 19.4 Å². The van der Waals surface area contributed by atoms with Gasteiger partial charge in [-0.1, -0.05) is 29.9 Å². The molecule has 0 atom stereocenters. The van der Waals surface area contributed by atoms with E-state index in [1.807, 2.05) is 44.2 Å². The Hall–Kier alpha value is -3.25. The van der Waals surface area contributed by atoms with Gasteiger partial charge in [0.15, 0.2) is 5.78 Å². The molecule has 0 heterocycles. The van der Waals surface area contributed by atoms with Crippen molar-refractivity contribution in [1.82, 2.24) is 29.4 Å². The topological polar surface area (TPSA) is 75.2 Å². The maximum absolute atomic E-state index is 13.4. The van der Waals surface area contributed by atoms with Crippen LogP contribution in [0.4, 0.5) is 0 Å². The van der Waals surface area contributed by atoms with Gasteiger partial charge in [-0.15, -0.1) is 0 Å². The normalized spacial score (nSPS) is 12.0. The van der Waals surface area contributed by atoms with E-state index in [2.05, 4.69) is 91.9 Å². The molecule has 0 aromatic heterocycles. The third-order valence-corrected chi connectivity index (χ3v) is 10.1. The van der Waals surface area contributed by atoms with Crippen molar-refractivity contribution in [1.29, 1.82) is 0 Å². The summed E-state index contributed by atoms with van der Waals surface area (Å²) in [7, 11) is 17.1. The maximum atomic E-state index is 13.4. The van der Waals surface area contributed by atoms with E-state index in [4.69, 9.17) is 9.47 Å². The van der Waals surface area contributed by atoms with Crippen LogP contribution in [-0.4, -0.2) is 175 Å². The average molecular weight is 807 g/mol. The first-order chi connectivity index (χ1) is 27.7. The molecule has 328 valence electrons. The second-order valence-corrected chi connectivity index (χ2v) is 17.1. The highest BCUT2D eigenvalue weighted by Gasteiger charge is 2.17. The Labute approximate surface area is 354 Å². The van der Waals surface area contributed by atoms with Gasteiger partial charge >= 0.3 is 0 Å². The van der Waals surface area contributed by atoms with Crippen LogP contribution in [0.25, 0.3) is 6.08 Å². The van der Waals surface area contributed by atoms with Crippen molar-refractivity contribution in [2.75, 3.05) is 135 Å². The largest absolute Gasteiger partial charge is 0.507 e. The number of allylic oxidation sites excluding steroid dienone is 3. The maximum Gasteiger partial charge on any atom is 0.189 e. The zero-order valence-electron chi connectivity index (χ0n) is 38.4. The van der Waals surface area contributed by atoms with Gasteiger partial charge in [-0.05, 0) is 229 Å². The SMILES string of the molecule is CC(C)=CCc1c(OCCCCN(CCCN(C)C)CCCN(C)C)ccc(C(=O)/C=C/c2ccc(OCCCCN(CCCN(C)C)CCCN(C)C)cc2)c1O. The summed E-state index contributed by atoms with van der Waals surface area (Å²) in [6.07, 6.45) is 14.6. The number of carbonyl (C=O) groups excluding carboxylic acids is 1. The molecular formula is C48H82N6O4. The Morgan fingerprint density at radius 3 is 1.47 bits per heavy atom. The highest BCUT2D eigenvalue weighted by atomic mass is 16.5. The molecule has 2 aromatic rings. The molecule has 0 amide bonds. The van der Waals surface area contributed by atoms with Crippen LogP contribution >= 0.6 is 0 Å². The van der Waals surface area contributed by atoms with Crippen LogP contribution in [0, 0.1) is 0 Å². The summed E-state index contributed by atoms with van der Waals surface area (Å²) in [5.74, 6) is 1.21. The summed E-state index contributed by atoms with van der Waals surface area (Å²) in [6.45, 7) is 16.3. The Morgan fingerprint density at radius 2 is 1.02 bits per heavy atom. The molecule has 0 aliphatic carbocycles. The minimum absolute atomic E-state index is 0.00777. The molecule has 10 heteroatoms. The average Bonchev–Trinajstić information content (AvgIpc) is 3.15. The zero-order chi connectivity index (χ0) is 42.7. The van der Waals surface area contributed by atoms with E-state index in [1.165, 1.54) is 18.9 Å². The van der Waals surface area contributed by atoms with Crippen LogP contribution in [0.15, 0.2) is 54.1 Å². The predicted octanol–water partition coefficient (Wildman–Crippen LogP) is 7.53. The number of aromatic hydroxyl groups is 1. The van der Waals surface area contributed by atoms with E-state index >= 15 is 0 Å². The first kappa shape index (κ1) is 50.9. The van der Waals surface area contributed by atoms with Gasteiger partial charge in [0, 0.05) is 5.56 Å². The molecule has 0 aliphatic heterocycles. The van der Waals surface area contributed by atoms with Gasteiger partial charge in [-0.2, -0.15) is 0 Å². The minimum Gasteiger partial charge on any atom is -0.507 e. The molecule has 0 bridgehead atoms. The van der Waals surface area contributed by atoms with Crippen LogP contribution in [0.2, 0.25) is 0 Å². The monoisotopic (exact) mass is 807 g/mol. The number of carbonyl (C=O) groups is 1. The van der Waals surface area contributed by atoms with E-state index in [9.17, 15) is 9.90 Å². The smallest absolute Gasteiger partial charge is 0.189 e. The Bertz CT molecular complexity index is 1420. The van der Waals surface area contributed by atoms with Crippen LogP contribution < -0.4 is 9.47 Å². The molecule has 0 saturated heterocycles. The summed E-state index contributed by atoms with van der Waals surface area (Å²) in [5, 5.41) is 11.4. The number of nitrogens with zero attached hydrogens (tertiary/aromatic N) is 6. The van der Waals surface area contributed by atoms with Gasteiger partial charge in [-0.25, -0.2) is 0 Å². The van der Waals surface area contributed by atoms with E-state index in [0.29, 0.717) is 30.9 Å². The van der Waals surface area contributed by atoms with E-state index < -0.39 is 0 Å². The summed E-state index contributed by atoms with van der Waals surface area (Å²) in [5.41, 5.74) is 2.96. The van der Waals surface area contributed by atoms with Crippen molar-refractivity contribution >= 4 is 11.9 Å². The van der Waals surface area contributed by atoms with Gasteiger partial charge in [0.05, 0.1) is 18.8 Å². The molecule has 2 rings (SSSR count). The first-order valence-electron chi connectivity index (χ1n) is 21.8. The molecule has 0 unspecified atom stereocenters. The van der Waals surface area contributed by atoms with Gasteiger partial charge in [-0.3, -0.25) is 4.79 Å². The van der Waals surface area contributed by atoms with E-state index in [1.54, 1.807) is 12.1 Å². The third-order valence-electron chi connectivity index (χ3n) is 10.1. The van der Waals surface area contributed by atoms with Crippen molar-refractivity contribution in [2.24, 2.45) is 0 Å². The van der Waals surface area contributed by atoms with Gasteiger partial charge < -0.3 is 44.0 Å². The van der Waals surface area contributed by atoms with Gasteiger partial charge in [0.2, 0.25) is 0 Å². The third kappa shape index (κ3) is 23.4. The van der Waals surface area contributed by atoms with Crippen LogP contribution in [0.3, 0.4) is 0 Å². The number of ether oxygens (including phenoxy) is 2. The van der Waals surface area contributed by atoms with E-state index in [-0.39, 0.29) is 17.1 Å². The van der Waals surface area contributed by atoms with Gasteiger partial charge in [0.25, 0.3) is 0 Å². The molecule has 0 fully saturated rings. The number of unbranched alkanes of at least 4 members (excludes halogenated alkanes) is 2. The number of phenols is 1. The van der Waals surface area contributed by atoms with Crippen LogP contribution in [0.1, 0.15) is 86.7 Å². The molecule has 58 heavy (non-hydrogen) atoms. The lowest BCUT2D eigenvalue weighted by molar-refractivity contribution is 0.104. The van der Waals surface area contributed by atoms with Gasteiger partial charge in [0.1, 0.15) is 17.2 Å². The first-order valence-corrected chi connectivity index (χ1v) is 21.8. The standard InChI is InChI=1S/C48H82N6O4/c1-41(2)19-25-45-47(58-40-14-12-34-54(37-17-31-51(7)8)38-18-32-52(9)10)28-26-44(48(45)56)46(55)27-22-42-20-23-43(24-21-42)57-39-13-11-33-53(35-15-29-49(3)4)36-16-30-50(5)6/h19-24,26-28,56H,11-18,25,29-40H2,1-10H3/b27-22+. The molecule has 2 aromatic carbocycles. The molecule has 0 radical (unpaired) electrons. The second kappa shape index (κ2) is 29.9. The molecule has 10 nitrogen and oxygen atoms in total. The predicted molar refractivity (Wildman–Crippen MR) is 246 cm³/mol. The summed E-state index contributed by atoms with van der Waals surface area (Å²) < 4.78 is 12.3. The van der Waals surface area contributed by atoms with E-state index in [0.717, 1.165) is 121 Å². The number of phenolic OH excluding ortho intramolecular Hbond substituents is 1.